The smallest absolute Gasteiger partial charge is 0.243 e. The molecule has 0 amide bonds. The van der Waals surface area contributed by atoms with Gasteiger partial charge in [0.25, 0.3) is 0 Å². The summed E-state index contributed by atoms with van der Waals surface area (Å²) in [6.07, 6.45) is 1.47. The summed E-state index contributed by atoms with van der Waals surface area (Å²) >= 11 is 0. The maximum absolute atomic E-state index is 13.3. The number of aromatic nitrogens is 2. The van der Waals surface area contributed by atoms with Gasteiger partial charge in [-0.25, -0.2) is 18.4 Å². The van der Waals surface area contributed by atoms with Crippen molar-refractivity contribution in [2.75, 3.05) is 38.2 Å². The van der Waals surface area contributed by atoms with Gasteiger partial charge < -0.3 is 9.64 Å². The SMILES string of the molecule is COc1ccc(S(=O)(=O)N2CCCN(c3nc(C)nc(C)c3Cc3ccc(C)cc3)CC2)cc1. The summed E-state index contributed by atoms with van der Waals surface area (Å²) in [7, 11) is -2.01. The van der Waals surface area contributed by atoms with Crippen LogP contribution in [-0.4, -0.2) is 56.0 Å². The zero-order valence-electron chi connectivity index (χ0n) is 20.3. The highest BCUT2D eigenvalue weighted by molar-refractivity contribution is 7.89. The lowest BCUT2D eigenvalue weighted by atomic mass is 10.0. The fourth-order valence-electron chi connectivity index (χ4n) is 4.34. The average molecular weight is 481 g/mol. The number of hydrogen-bond donors (Lipinski definition) is 0. The molecule has 34 heavy (non-hydrogen) atoms. The van der Waals surface area contributed by atoms with E-state index in [-0.39, 0.29) is 4.90 Å². The number of nitrogens with zero attached hydrogens (tertiary/aromatic N) is 4. The molecule has 180 valence electrons. The first-order valence-electron chi connectivity index (χ1n) is 11.6. The van der Waals surface area contributed by atoms with Crippen LogP contribution in [0.25, 0.3) is 0 Å². The molecule has 2 aromatic carbocycles. The Balaban J connectivity index is 1.57. The number of rotatable bonds is 6. The molecule has 4 rings (SSSR count). The Kier molecular flexibility index (Phi) is 7.19. The van der Waals surface area contributed by atoms with Gasteiger partial charge in [0.05, 0.1) is 12.0 Å². The summed E-state index contributed by atoms with van der Waals surface area (Å²) in [5, 5.41) is 0. The molecule has 0 saturated carbocycles. The number of hydrogen-bond acceptors (Lipinski definition) is 6. The molecule has 1 saturated heterocycles. The van der Waals surface area contributed by atoms with Crippen LogP contribution in [0.15, 0.2) is 53.4 Å². The van der Waals surface area contributed by atoms with Crippen LogP contribution in [-0.2, 0) is 16.4 Å². The third kappa shape index (κ3) is 5.23. The van der Waals surface area contributed by atoms with Crippen molar-refractivity contribution in [1.82, 2.24) is 14.3 Å². The Labute approximate surface area is 202 Å². The van der Waals surface area contributed by atoms with Crippen LogP contribution in [0, 0.1) is 20.8 Å². The van der Waals surface area contributed by atoms with Crippen molar-refractivity contribution >= 4 is 15.8 Å². The largest absolute Gasteiger partial charge is 0.497 e. The summed E-state index contributed by atoms with van der Waals surface area (Å²) in [5.41, 5.74) is 4.50. The molecule has 1 fully saturated rings. The van der Waals surface area contributed by atoms with Gasteiger partial charge in [-0.15, -0.1) is 0 Å². The highest BCUT2D eigenvalue weighted by atomic mass is 32.2. The molecule has 1 aliphatic rings. The summed E-state index contributed by atoms with van der Waals surface area (Å²) in [6.45, 7) is 8.21. The van der Waals surface area contributed by atoms with E-state index in [0.29, 0.717) is 25.4 Å². The topological polar surface area (TPSA) is 75.6 Å². The predicted octanol–water partition coefficient (Wildman–Crippen LogP) is 3.90. The van der Waals surface area contributed by atoms with Crippen LogP contribution in [0.4, 0.5) is 5.82 Å². The number of anilines is 1. The minimum absolute atomic E-state index is 0.288. The van der Waals surface area contributed by atoms with E-state index in [0.717, 1.165) is 42.3 Å². The van der Waals surface area contributed by atoms with Gasteiger partial charge in [0.2, 0.25) is 10.0 Å². The van der Waals surface area contributed by atoms with Gasteiger partial charge in [0, 0.05) is 43.9 Å². The molecule has 0 radical (unpaired) electrons. The van der Waals surface area contributed by atoms with E-state index < -0.39 is 10.0 Å². The maximum Gasteiger partial charge on any atom is 0.243 e. The van der Waals surface area contributed by atoms with Crippen molar-refractivity contribution in [2.24, 2.45) is 0 Å². The Morgan fingerprint density at radius 2 is 1.59 bits per heavy atom. The second kappa shape index (κ2) is 10.1. The van der Waals surface area contributed by atoms with Gasteiger partial charge in [-0.05, 0) is 57.0 Å². The first-order chi connectivity index (χ1) is 16.3. The van der Waals surface area contributed by atoms with Crippen LogP contribution in [0.3, 0.4) is 0 Å². The van der Waals surface area contributed by atoms with Crippen LogP contribution in [0.1, 0.15) is 34.6 Å². The lowest BCUT2D eigenvalue weighted by Gasteiger charge is -2.26. The molecule has 0 N–H and O–H groups in total. The van der Waals surface area contributed by atoms with Crippen molar-refractivity contribution < 1.29 is 13.2 Å². The Hall–Kier alpha value is -2.97. The fraction of sp³-hybridized carbons (Fsp3) is 0.385. The van der Waals surface area contributed by atoms with Crippen molar-refractivity contribution in [3.63, 3.8) is 0 Å². The zero-order chi connectivity index (χ0) is 24.3. The average Bonchev–Trinajstić information content (AvgIpc) is 3.09. The standard InChI is InChI=1S/C26H32N4O3S/c1-19-6-8-22(9-7-19)18-25-20(2)27-21(3)28-26(25)29-14-5-15-30(17-16-29)34(31,32)24-12-10-23(33-4)11-13-24/h6-13H,5,14-18H2,1-4H3. The molecule has 7 nitrogen and oxygen atoms in total. The third-order valence-electron chi connectivity index (χ3n) is 6.26. The molecular weight excluding hydrogens is 448 g/mol. The van der Waals surface area contributed by atoms with Gasteiger partial charge in [-0.3, -0.25) is 0 Å². The molecule has 0 aliphatic carbocycles. The van der Waals surface area contributed by atoms with E-state index in [4.69, 9.17) is 9.72 Å². The second-order valence-electron chi connectivity index (χ2n) is 8.74. The van der Waals surface area contributed by atoms with Crippen LogP contribution < -0.4 is 9.64 Å². The first kappa shape index (κ1) is 24.2. The molecule has 8 heteroatoms. The van der Waals surface area contributed by atoms with E-state index >= 15 is 0 Å². The minimum atomic E-state index is -3.58. The first-order valence-corrected chi connectivity index (χ1v) is 13.0. The summed E-state index contributed by atoms with van der Waals surface area (Å²) in [5.74, 6) is 2.28. The molecule has 1 aliphatic heterocycles. The molecule has 0 atom stereocenters. The molecule has 3 aromatic rings. The molecule has 0 spiro atoms. The van der Waals surface area contributed by atoms with E-state index in [1.54, 1.807) is 35.7 Å². The Bertz CT molecular complexity index is 1240. The van der Waals surface area contributed by atoms with Crippen molar-refractivity contribution in [1.29, 1.82) is 0 Å². The maximum atomic E-state index is 13.3. The van der Waals surface area contributed by atoms with Crippen LogP contribution >= 0.6 is 0 Å². The molecule has 0 bridgehead atoms. The highest BCUT2D eigenvalue weighted by Crippen LogP contribution is 2.27. The van der Waals surface area contributed by atoms with Crippen LogP contribution in [0.5, 0.6) is 5.75 Å². The summed E-state index contributed by atoms with van der Waals surface area (Å²) in [6, 6.07) is 15.1. The minimum Gasteiger partial charge on any atom is -0.497 e. The number of aryl methyl sites for hydroxylation is 3. The summed E-state index contributed by atoms with van der Waals surface area (Å²) in [4.78, 5) is 11.9. The lowest BCUT2D eigenvalue weighted by Crippen LogP contribution is -2.35. The second-order valence-corrected chi connectivity index (χ2v) is 10.7. The quantitative estimate of drug-likeness (QED) is 0.533. The van der Waals surface area contributed by atoms with Crippen LogP contribution in [0.2, 0.25) is 0 Å². The number of ether oxygens (including phenoxy) is 1. The van der Waals surface area contributed by atoms with E-state index in [9.17, 15) is 8.42 Å². The van der Waals surface area contributed by atoms with E-state index in [1.807, 2.05) is 13.8 Å². The Morgan fingerprint density at radius 3 is 2.26 bits per heavy atom. The van der Waals surface area contributed by atoms with E-state index in [2.05, 4.69) is 41.1 Å². The highest BCUT2D eigenvalue weighted by Gasteiger charge is 2.28. The van der Waals surface area contributed by atoms with Gasteiger partial charge in [0.15, 0.2) is 0 Å². The number of methoxy groups -OCH3 is 1. The van der Waals surface area contributed by atoms with Gasteiger partial charge >= 0.3 is 0 Å². The monoisotopic (exact) mass is 480 g/mol. The normalized spacial score (nSPS) is 15.2. The third-order valence-corrected chi connectivity index (χ3v) is 8.17. The molecule has 0 unspecified atom stereocenters. The zero-order valence-corrected chi connectivity index (χ0v) is 21.1. The number of benzene rings is 2. The van der Waals surface area contributed by atoms with Crippen molar-refractivity contribution in [2.45, 2.75) is 38.5 Å². The van der Waals surface area contributed by atoms with Crippen molar-refractivity contribution in [3.05, 3.63) is 76.7 Å². The molecule has 1 aromatic heterocycles. The number of sulfonamides is 1. The van der Waals surface area contributed by atoms with Gasteiger partial charge in [0.1, 0.15) is 17.4 Å². The molecular formula is C26H32N4O3S. The molecule has 2 heterocycles. The summed E-state index contributed by atoms with van der Waals surface area (Å²) < 4.78 is 33.3. The van der Waals surface area contributed by atoms with Gasteiger partial charge in [-0.2, -0.15) is 4.31 Å². The Morgan fingerprint density at radius 1 is 0.882 bits per heavy atom. The predicted molar refractivity (Wildman–Crippen MR) is 134 cm³/mol. The van der Waals surface area contributed by atoms with Crippen molar-refractivity contribution in [3.8, 4) is 5.75 Å². The fourth-order valence-corrected chi connectivity index (χ4v) is 5.81. The van der Waals surface area contributed by atoms with Gasteiger partial charge in [-0.1, -0.05) is 29.8 Å². The lowest BCUT2D eigenvalue weighted by molar-refractivity contribution is 0.413. The van der Waals surface area contributed by atoms with E-state index in [1.165, 1.54) is 11.1 Å².